The highest BCUT2D eigenvalue weighted by Gasteiger charge is 2.40. The lowest BCUT2D eigenvalue weighted by atomic mass is 9.88. The molecular formula is C19H28O5. The van der Waals surface area contributed by atoms with Crippen molar-refractivity contribution in [3.63, 3.8) is 0 Å². The van der Waals surface area contributed by atoms with E-state index >= 15 is 0 Å². The van der Waals surface area contributed by atoms with E-state index in [9.17, 15) is 9.90 Å². The third kappa shape index (κ3) is 3.73. The second-order valence-electron chi connectivity index (χ2n) is 6.84. The molecule has 0 aromatic heterocycles. The van der Waals surface area contributed by atoms with Crippen molar-refractivity contribution in [1.29, 1.82) is 0 Å². The monoisotopic (exact) mass is 336 g/mol. The molecule has 0 saturated carbocycles. The van der Waals surface area contributed by atoms with Crippen molar-refractivity contribution in [3.8, 4) is 5.75 Å². The van der Waals surface area contributed by atoms with Gasteiger partial charge < -0.3 is 19.3 Å². The summed E-state index contributed by atoms with van der Waals surface area (Å²) in [7, 11) is 1.37. The van der Waals surface area contributed by atoms with Gasteiger partial charge in [-0.2, -0.15) is 0 Å². The molecule has 0 bridgehead atoms. The van der Waals surface area contributed by atoms with Crippen LogP contribution < -0.4 is 0 Å². The molecule has 0 amide bonds. The number of phenols is 1. The molecule has 134 valence electrons. The molecule has 2 rings (SSSR count). The SMILES string of the molecule is COC(=O)CCC1(c2cc(C(C)C)c(O)c(C(C)C)c2)OCCO1. The molecule has 24 heavy (non-hydrogen) atoms. The van der Waals surface area contributed by atoms with E-state index in [4.69, 9.17) is 14.2 Å². The Morgan fingerprint density at radius 1 is 1.17 bits per heavy atom. The smallest absolute Gasteiger partial charge is 0.305 e. The van der Waals surface area contributed by atoms with E-state index in [2.05, 4.69) is 0 Å². The molecule has 0 atom stereocenters. The molecule has 1 saturated heterocycles. The van der Waals surface area contributed by atoms with Crippen LogP contribution in [0.2, 0.25) is 0 Å². The summed E-state index contributed by atoms with van der Waals surface area (Å²) in [5.74, 6) is -0.567. The van der Waals surface area contributed by atoms with Crippen LogP contribution in [0.4, 0.5) is 0 Å². The average Bonchev–Trinajstić information content (AvgIpc) is 3.02. The molecule has 1 heterocycles. The van der Waals surface area contributed by atoms with Gasteiger partial charge in [-0.1, -0.05) is 27.7 Å². The molecule has 5 heteroatoms. The average molecular weight is 336 g/mol. The second-order valence-corrected chi connectivity index (χ2v) is 6.84. The third-order valence-electron chi connectivity index (χ3n) is 4.49. The van der Waals surface area contributed by atoms with Gasteiger partial charge in [-0.3, -0.25) is 4.79 Å². The Morgan fingerprint density at radius 3 is 2.08 bits per heavy atom. The number of rotatable bonds is 6. The molecule has 1 aliphatic rings. The van der Waals surface area contributed by atoms with Crippen molar-refractivity contribution in [2.75, 3.05) is 20.3 Å². The van der Waals surface area contributed by atoms with E-state index < -0.39 is 5.79 Å². The van der Waals surface area contributed by atoms with E-state index in [1.165, 1.54) is 7.11 Å². The Bertz CT molecular complexity index is 556. The van der Waals surface area contributed by atoms with E-state index in [1.54, 1.807) is 0 Å². The Labute approximate surface area is 143 Å². The molecular weight excluding hydrogens is 308 g/mol. The van der Waals surface area contributed by atoms with E-state index in [0.717, 1.165) is 16.7 Å². The Kier molecular flexibility index (Phi) is 5.88. The highest BCUT2D eigenvalue weighted by molar-refractivity contribution is 5.69. The predicted octanol–water partition coefficient (Wildman–Crippen LogP) is 3.79. The van der Waals surface area contributed by atoms with Crippen LogP contribution in [-0.4, -0.2) is 31.4 Å². The van der Waals surface area contributed by atoms with Gasteiger partial charge in [0.15, 0.2) is 5.79 Å². The zero-order chi connectivity index (χ0) is 17.9. The van der Waals surface area contributed by atoms with Crippen molar-refractivity contribution < 1.29 is 24.1 Å². The molecule has 1 aromatic rings. The first-order valence-corrected chi connectivity index (χ1v) is 8.52. The number of aromatic hydroxyl groups is 1. The van der Waals surface area contributed by atoms with Gasteiger partial charge >= 0.3 is 5.97 Å². The molecule has 0 spiro atoms. The molecule has 1 fully saturated rings. The third-order valence-corrected chi connectivity index (χ3v) is 4.49. The summed E-state index contributed by atoms with van der Waals surface area (Å²) in [6.07, 6.45) is 0.602. The summed E-state index contributed by atoms with van der Waals surface area (Å²) in [5, 5.41) is 10.6. The molecule has 5 nitrogen and oxygen atoms in total. The summed E-state index contributed by atoms with van der Waals surface area (Å²) in [4.78, 5) is 11.6. The summed E-state index contributed by atoms with van der Waals surface area (Å²) >= 11 is 0. The van der Waals surface area contributed by atoms with Crippen molar-refractivity contribution in [1.82, 2.24) is 0 Å². The normalized spacial score (nSPS) is 16.8. The van der Waals surface area contributed by atoms with Crippen molar-refractivity contribution in [2.24, 2.45) is 0 Å². The zero-order valence-corrected chi connectivity index (χ0v) is 15.2. The minimum atomic E-state index is -0.949. The number of carbonyl (C=O) groups is 1. The van der Waals surface area contributed by atoms with Crippen LogP contribution in [0.25, 0.3) is 0 Å². The summed E-state index contributed by atoms with van der Waals surface area (Å²) < 4.78 is 16.6. The summed E-state index contributed by atoms with van der Waals surface area (Å²) in [5.41, 5.74) is 2.59. The number of phenolic OH excluding ortho intramolecular Hbond substituents is 1. The van der Waals surface area contributed by atoms with Gasteiger partial charge in [-0.05, 0) is 35.1 Å². The second kappa shape index (κ2) is 7.53. The molecule has 0 aliphatic carbocycles. The Hall–Kier alpha value is -1.59. The fraction of sp³-hybridized carbons (Fsp3) is 0.632. The maximum Gasteiger partial charge on any atom is 0.305 e. The number of methoxy groups -OCH3 is 1. The lowest BCUT2D eigenvalue weighted by Gasteiger charge is -2.30. The molecule has 1 aromatic carbocycles. The minimum absolute atomic E-state index is 0.168. The summed E-state index contributed by atoms with van der Waals surface area (Å²) in [6.45, 7) is 9.13. The number of esters is 1. The van der Waals surface area contributed by atoms with Crippen LogP contribution in [0.1, 0.15) is 69.1 Å². The lowest BCUT2D eigenvalue weighted by Crippen LogP contribution is -2.29. The number of ether oxygens (including phenoxy) is 3. The van der Waals surface area contributed by atoms with Gasteiger partial charge in [-0.15, -0.1) is 0 Å². The van der Waals surface area contributed by atoms with Crippen molar-refractivity contribution in [2.45, 2.75) is 58.2 Å². The fourth-order valence-corrected chi connectivity index (χ4v) is 3.06. The van der Waals surface area contributed by atoms with Crippen LogP contribution in [0.5, 0.6) is 5.75 Å². The maximum absolute atomic E-state index is 11.6. The van der Waals surface area contributed by atoms with Gasteiger partial charge in [0.2, 0.25) is 0 Å². The molecule has 0 radical (unpaired) electrons. The minimum Gasteiger partial charge on any atom is -0.507 e. The van der Waals surface area contributed by atoms with Crippen LogP contribution in [0.15, 0.2) is 12.1 Å². The van der Waals surface area contributed by atoms with Crippen LogP contribution in [0.3, 0.4) is 0 Å². The van der Waals surface area contributed by atoms with E-state index in [1.807, 2.05) is 39.8 Å². The highest BCUT2D eigenvalue weighted by atomic mass is 16.7. The molecule has 0 unspecified atom stereocenters. The Balaban J connectivity index is 2.48. The number of hydrogen-bond donors (Lipinski definition) is 1. The van der Waals surface area contributed by atoms with Gasteiger partial charge in [0.25, 0.3) is 0 Å². The fourth-order valence-electron chi connectivity index (χ4n) is 3.06. The van der Waals surface area contributed by atoms with Gasteiger partial charge in [-0.25, -0.2) is 0 Å². The Morgan fingerprint density at radius 2 is 1.67 bits per heavy atom. The van der Waals surface area contributed by atoms with Gasteiger partial charge in [0.05, 0.1) is 26.7 Å². The number of benzene rings is 1. The van der Waals surface area contributed by atoms with E-state index in [0.29, 0.717) is 25.4 Å². The van der Waals surface area contributed by atoms with Crippen molar-refractivity contribution in [3.05, 3.63) is 28.8 Å². The van der Waals surface area contributed by atoms with Gasteiger partial charge in [0.1, 0.15) is 5.75 Å². The first kappa shape index (κ1) is 18.7. The topological polar surface area (TPSA) is 65.0 Å². The van der Waals surface area contributed by atoms with Crippen molar-refractivity contribution >= 4 is 5.97 Å². The standard InChI is InChI=1S/C19H28O5/c1-12(2)15-10-14(11-16(13(3)4)18(15)21)19(23-8-9-24-19)7-6-17(20)22-5/h10-13,21H,6-9H2,1-5H3. The first-order chi connectivity index (χ1) is 11.3. The van der Waals surface area contributed by atoms with Crippen LogP contribution in [0, 0.1) is 0 Å². The van der Waals surface area contributed by atoms with Gasteiger partial charge in [0, 0.05) is 12.0 Å². The van der Waals surface area contributed by atoms with Crippen LogP contribution in [-0.2, 0) is 24.8 Å². The van der Waals surface area contributed by atoms with Crippen LogP contribution >= 0.6 is 0 Å². The maximum atomic E-state index is 11.6. The number of carbonyl (C=O) groups excluding carboxylic acids is 1. The number of hydrogen-bond acceptors (Lipinski definition) is 5. The quantitative estimate of drug-likeness (QED) is 0.801. The molecule has 1 N–H and O–H groups in total. The summed E-state index contributed by atoms with van der Waals surface area (Å²) in [6, 6.07) is 3.88. The largest absolute Gasteiger partial charge is 0.507 e. The first-order valence-electron chi connectivity index (χ1n) is 8.52. The zero-order valence-electron chi connectivity index (χ0n) is 15.2. The lowest BCUT2D eigenvalue weighted by molar-refractivity contribution is -0.177. The molecule has 1 aliphatic heterocycles. The predicted molar refractivity (Wildman–Crippen MR) is 91.1 cm³/mol. The van der Waals surface area contributed by atoms with E-state index in [-0.39, 0.29) is 24.2 Å². The highest BCUT2D eigenvalue weighted by Crippen LogP contribution is 2.42.